The molecule has 0 aromatic heterocycles. The van der Waals surface area contributed by atoms with Gasteiger partial charge >= 0.3 is 0 Å². The first-order valence-corrected chi connectivity index (χ1v) is 10.3. The summed E-state index contributed by atoms with van der Waals surface area (Å²) in [4.78, 5) is 27.2. The first kappa shape index (κ1) is 16.4. The lowest BCUT2D eigenvalue weighted by Crippen LogP contribution is -2.44. The molecule has 1 aliphatic heterocycles. The van der Waals surface area contributed by atoms with Gasteiger partial charge in [-0.3, -0.25) is 9.59 Å². The highest BCUT2D eigenvalue weighted by molar-refractivity contribution is 5.80. The van der Waals surface area contributed by atoms with Crippen molar-refractivity contribution in [1.29, 1.82) is 0 Å². The van der Waals surface area contributed by atoms with E-state index in [-0.39, 0.29) is 11.8 Å². The third-order valence-electron chi connectivity index (χ3n) is 7.08. The fourth-order valence-corrected chi connectivity index (χ4v) is 5.68. The minimum Gasteiger partial charge on any atom is -0.353 e. The fraction of sp³-hybridized carbons (Fsp3) is 0.900. The maximum atomic E-state index is 12.8. The van der Waals surface area contributed by atoms with Crippen molar-refractivity contribution in [2.45, 2.75) is 89.1 Å². The Morgan fingerprint density at radius 1 is 0.917 bits per heavy atom. The molecule has 2 atom stereocenters. The number of rotatable bonds is 4. The Balaban J connectivity index is 1.20. The van der Waals surface area contributed by atoms with E-state index in [0.29, 0.717) is 23.9 Å². The van der Waals surface area contributed by atoms with Gasteiger partial charge in [0.05, 0.1) is 0 Å². The van der Waals surface area contributed by atoms with Crippen molar-refractivity contribution in [3.63, 3.8) is 0 Å². The number of nitrogens with one attached hydrogen (secondary N) is 1. The smallest absolute Gasteiger partial charge is 0.225 e. The van der Waals surface area contributed by atoms with E-state index in [1.165, 1.54) is 44.9 Å². The van der Waals surface area contributed by atoms with Crippen LogP contribution in [0.25, 0.3) is 0 Å². The van der Waals surface area contributed by atoms with Gasteiger partial charge in [-0.05, 0) is 69.6 Å². The highest BCUT2D eigenvalue weighted by Crippen LogP contribution is 2.39. The van der Waals surface area contributed by atoms with Crippen LogP contribution >= 0.6 is 0 Å². The van der Waals surface area contributed by atoms with Crippen LogP contribution in [-0.4, -0.2) is 35.3 Å². The van der Waals surface area contributed by atoms with Crippen LogP contribution in [0, 0.1) is 17.8 Å². The number of amides is 2. The predicted molar refractivity (Wildman–Crippen MR) is 93.3 cm³/mol. The van der Waals surface area contributed by atoms with Gasteiger partial charge in [0.15, 0.2) is 0 Å². The fourth-order valence-electron chi connectivity index (χ4n) is 5.68. The summed E-state index contributed by atoms with van der Waals surface area (Å²) in [5.41, 5.74) is 0. The summed E-state index contributed by atoms with van der Waals surface area (Å²) in [6.07, 6.45) is 13.4. The summed E-state index contributed by atoms with van der Waals surface area (Å²) >= 11 is 0. The predicted octanol–water partition coefficient (Wildman–Crippen LogP) is 3.25. The Morgan fingerprint density at radius 3 is 2.29 bits per heavy atom. The maximum absolute atomic E-state index is 12.8. The molecule has 0 spiro atoms. The molecule has 4 fully saturated rings. The Bertz CT molecular complexity index is 478. The molecule has 1 heterocycles. The van der Waals surface area contributed by atoms with Gasteiger partial charge < -0.3 is 10.2 Å². The van der Waals surface area contributed by atoms with Crippen molar-refractivity contribution in [2.24, 2.45) is 17.8 Å². The summed E-state index contributed by atoms with van der Waals surface area (Å²) in [7, 11) is 0. The molecular formula is C20H32N2O2. The van der Waals surface area contributed by atoms with E-state index in [0.717, 1.165) is 44.6 Å². The molecule has 0 radical (unpaired) electrons. The number of fused-ring (bicyclic) bond motifs is 2. The zero-order valence-electron chi connectivity index (χ0n) is 14.8. The number of carbonyl (C=O) groups is 2. The van der Waals surface area contributed by atoms with Crippen molar-refractivity contribution < 1.29 is 9.59 Å². The van der Waals surface area contributed by atoms with E-state index in [9.17, 15) is 9.59 Å². The molecule has 2 bridgehead atoms. The zero-order valence-corrected chi connectivity index (χ0v) is 14.8. The van der Waals surface area contributed by atoms with Crippen LogP contribution in [0.5, 0.6) is 0 Å². The van der Waals surface area contributed by atoms with Crippen molar-refractivity contribution in [3.8, 4) is 0 Å². The molecule has 1 N–H and O–H groups in total. The first-order valence-electron chi connectivity index (χ1n) is 10.3. The van der Waals surface area contributed by atoms with Gasteiger partial charge in [-0.15, -0.1) is 0 Å². The lowest BCUT2D eigenvalue weighted by atomic mass is 9.84. The number of hydrogen-bond acceptors (Lipinski definition) is 2. The Hall–Kier alpha value is -1.06. The minimum atomic E-state index is 0.215. The Labute approximate surface area is 145 Å². The third kappa shape index (κ3) is 3.48. The summed E-state index contributed by atoms with van der Waals surface area (Å²) in [5, 5.41) is 3.24. The SMILES string of the molecule is O=C(CC1CCCC1)NC1CCC(C(=O)N2C[C@@H]3CC[C@H]2C3)CC1. The lowest BCUT2D eigenvalue weighted by Gasteiger charge is -2.34. The van der Waals surface area contributed by atoms with E-state index in [1.54, 1.807) is 0 Å². The molecule has 3 saturated carbocycles. The van der Waals surface area contributed by atoms with Gasteiger partial charge in [0.1, 0.15) is 0 Å². The van der Waals surface area contributed by atoms with E-state index in [4.69, 9.17) is 0 Å². The average molecular weight is 332 g/mol. The Morgan fingerprint density at radius 2 is 1.67 bits per heavy atom. The van der Waals surface area contributed by atoms with E-state index in [2.05, 4.69) is 10.2 Å². The number of piperidine rings is 1. The number of carbonyl (C=O) groups excluding carboxylic acids is 2. The highest BCUT2D eigenvalue weighted by Gasteiger charge is 2.42. The van der Waals surface area contributed by atoms with Crippen molar-refractivity contribution in [1.82, 2.24) is 10.2 Å². The number of hydrogen-bond donors (Lipinski definition) is 1. The minimum absolute atomic E-state index is 0.215. The van der Waals surface area contributed by atoms with Gasteiger partial charge in [0, 0.05) is 31.0 Å². The van der Waals surface area contributed by atoms with Gasteiger partial charge in [-0.1, -0.05) is 12.8 Å². The summed E-state index contributed by atoms with van der Waals surface area (Å²) in [6, 6.07) is 0.851. The molecule has 24 heavy (non-hydrogen) atoms. The standard InChI is InChI=1S/C20H32N2O2/c23-19(12-14-3-1-2-4-14)21-17-8-6-16(7-9-17)20(24)22-13-15-5-10-18(22)11-15/h14-18H,1-13H2,(H,21,23)/t15-,16?,17?,18+/m1/s1. The largest absolute Gasteiger partial charge is 0.353 e. The molecule has 4 rings (SSSR count). The van der Waals surface area contributed by atoms with E-state index >= 15 is 0 Å². The third-order valence-corrected chi connectivity index (χ3v) is 7.08. The first-order chi connectivity index (χ1) is 11.7. The highest BCUT2D eigenvalue weighted by atomic mass is 16.2. The molecule has 0 unspecified atom stereocenters. The quantitative estimate of drug-likeness (QED) is 0.859. The monoisotopic (exact) mass is 332 g/mol. The van der Waals surface area contributed by atoms with Gasteiger partial charge in [-0.2, -0.15) is 0 Å². The van der Waals surface area contributed by atoms with Crippen LogP contribution in [0.4, 0.5) is 0 Å². The molecule has 0 aromatic rings. The van der Waals surface area contributed by atoms with Gasteiger partial charge in [0.25, 0.3) is 0 Å². The normalized spacial score (nSPS) is 36.2. The average Bonchev–Trinajstić information content (AvgIpc) is 3.32. The van der Waals surface area contributed by atoms with Crippen molar-refractivity contribution in [2.75, 3.05) is 6.54 Å². The second-order valence-corrected chi connectivity index (χ2v) is 8.79. The maximum Gasteiger partial charge on any atom is 0.225 e. The second kappa shape index (κ2) is 7.05. The molecule has 3 aliphatic carbocycles. The summed E-state index contributed by atoms with van der Waals surface area (Å²) < 4.78 is 0. The lowest BCUT2D eigenvalue weighted by molar-refractivity contribution is -0.138. The summed E-state index contributed by atoms with van der Waals surface area (Å²) in [6.45, 7) is 1.02. The number of nitrogens with zero attached hydrogens (tertiary/aromatic N) is 1. The molecule has 4 aliphatic rings. The zero-order chi connectivity index (χ0) is 16.5. The summed E-state index contributed by atoms with van der Waals surface area (Å²) in [5.74, 6) is 2.28. The molecule has 0 aromatic carbocycles. The van der Waals surface area contributed by atoms with Crippen molar-refractivity contribution in [3.05, 3.63) is 0 Å². The van der Waals surface area contributed by atoms with Crippen LogP contribution in [-0.2, 0) is 9.59 Å². The van der Waals surface area contributed by atoms with E-state index < -0.39 is 0 Å². The molecule has 134 valence electrons. The molecule has 4 heteroatoms. The van der Waals surface area contributed by atoms with Crippen LogP contribution in [0.15, 0.2) is 0 Å². The molecule has 4 nitrogen and oxygen atoms in total. The van der Waals surface area contributed by atoms with Crippen LogP contribution in [0.1, 0.15) is 77.0 Å². The van der Waals surface area contributed by atoms with Crippen molar-refractivity contribution >= 4 is 11.8 Å². The van der Waals surface area contributed by atoms with Gasteiger partial charge in [-0.25, -0.2) is 0 Å². The van der Waals surface area contributed by atoms with Crippen LogP contribution in [0.3, 0.4) is 0 Å². The number of likely N-dealkylation sites (tertiary alicyclic amines) is 1. The Kier molecular flexibility index (Phi) is 4.82. The van der Waals surface area contributed by atoms with Crippen LogP contribution < -0.4 is 5.32 Å². The van der Waals surface area contributed by atoms with E-state index in [1.807, 2.05) is 0 Å². The molecule has 2 amide bonds. The van der Waals surface area contributed by atoms with Crippen LogP contribution in [0.2, 0.25) is 0 Å². The molecule has 1 saturated heterocycles. The molecular weight excluding hydrogens is 300 g/mol. The second-order valence-electron chi connectivity index (χ2n) is 8.79. The topological polar surface area (TPSA) is 49.4 Å². The van der Waals surface area contributed by atoms with Gasteiger partial charge in [0.2, 0.25) is 11.8 Å².